The van der Waals surface area contributed by atoms with Gasteiger partial charge in [0.25, 0.3) is 5.56 Å². The fraction of sp³-hybridized carbons (Fsp3) is 0.667. The van der Waals surface area contributed by atoms with Crippen molar-refractivity contribution in [3.05, 3.63) is 22.2 Å². The summed E-state index contributed by atoms with van der Waals surface area (Å²) in [5, 5.41) is 3.34. The molecule has 94 valence electrons. The Balaban J connectivity index is 1.99. The highest BCUT2D eigenvalue weighted by atomic mass is 16.1. The normalized spacial score (nSPS) is 17.2. The molecule has 0 aromatic carbocycles. The molecule has 1 aromatic rings. The van der Waals surface area contributed by atoms with E-state index in [1.165, 1.54) is 12.8 Å². The number of nitrogens with one attached hydrogen (secondary N) is 1. The molecule has 5 heteroatoms. The van der Waals surface area contributed by atoms with Crippen molar-refractivity contribution in [1.82, 2.24) is 14.9 Å². The maximum absolute atomic E-state index is 11.9. The standard InChI is InChI=1S/C12H20N4O/c1-9-11(13)15-8-16(12(9)17)7-4-10-2-5-14-6-3-10/h8,10,14H,2-7,13H2,1H3. The number of aromatic nitrogens is 2. The van der Waals surface area contributed by atoms with Crippen LogP contribution in [-0.2, 0) is 6.54 Å². The van der Waals surface area contributed by atoms with E-state index in [0.717, 1.165) is 32.0 Å². The van der Waals surface area contributed by atoms with Gasteiger partial charge in [0.1, 0.15) is 5.82 Å². The van der Waals surface area contributed by atoms with Gasteiger partial charge in [0.05, 0.1) is 11.9 Å². The van der Waals surface area contributed by atoms with Crippen LogP contribution in [0.25, 0.3) is 0 Å². The van der Waals surface area contributed by atoms with Gasteiger partial charge in [-0.1, -0.05) is 0 Å². The van der Waals surface area contributed by atoms with Crippen LogP contribution in [0, 0.1) is 12.8 Å². The molecule has 0 unspecified atom stereocenters. The van der Waals surface area contributed by atoms with E-state index in [-0.39, 0.29) is 5.56 Å². The molecule has 1 aliphatic heterocycles. The number of rotatable bonds is 3. The first kappa shape index (κ1) is 12.1. The second kappa shape index (κ2) is 5.31. The minimum absolute atomic E-state index is 0.00793. The summed E-state index contributed by atoms with van der Waals surface area (Å²) in [7, 11) is 0. The number of anilines is 1. The molecule has 3 N–H and O–H groups in total. The van der Waals surface area contributed by atoms with Gasteiger partial charge in [0.2, 0.25) is 0 Å². The molecule has 0 saturated carbocycles. The first-order chi connectivity index (χ1) is 8.18. The van der Waals surface area contributed by atoms with E-state index in [9.17, 15) is 4.79 Å². The monoisotopic (exact) mass is 236 g/mol. The quantitative estimate of drug-likeness (QED) is 0.802. The Morgan fingerprint density at radius 3 is 2.94 bits per heavy atom. The summed E-state index contributed by atoms with van der Waals surface area (Å²) >= 11 is 0. The van der Waals surface area contributed by atoms with Gasteiger partial charge in [0.15, 0.2) is 0 Å². The minimum atomic E-state index is -0.00793. The third-order valence-electron chi connectivity index (χ3n) is 3.54. The van der Waals surface area contributed by atoms with Crippen LogP contribution < -0.4 is 16.6 Å². The smallest absolute Gasteiger partial charge is 0.258 e. The number of nitrogens with two attached hydrogens (primary N) is 1. The van der Waals surface area contributed by atoms with Gasteiger partial charge in [-0.2, -0.15) is 0 Å². The molecule has 1 aliphatic rings. The van der Waals surface area contributed by atoms with Crippen molar-refractivity contribution in [2.24, 2.45) is 5.92 Å². The molecular weight excluding hydrogens is 216 g/mol. The van der Waals surface area contributed by atoms with Crippen molar-refractivity contribution in [3.63, 3.8) is 0 Å². The molecule has 0 radical (unpaired) electrons. The van der Waals surface area contributed by atoms with Crippen molar-refractivity contribution < 1.29 is 0 Å². The van der Waals surface area contributed by atoms with Gasteiger partial charge in [-0.15, -0.1) is 0 Å². The zero-order valence-electron chi connectivity index (χ0n) is 10.3. The second-order valence-electron chi connectivity index (χ2n) is 4.74. The maximum Gasteiger partial charge on any atom is 0.258 e. The van der Waals surface area contributed by atoms with Crippen molar-refractivity contribution in [2.45, 2.75) is 32.7 Å². The van der Waals surface area contributed by atoms with E-state index in [1.807, 2.05) is 0 Å². The Bertz CT molecular complexity index is 435. The van der Waals surface area contributed by atoms with Gasteiger partial charge in [-0.25, -0.2) is 4.98 Å². The lowest BCUT2D eigenvalue weighted by molar-refractivity contribution is 0.335. The zero-order valence-corrected chi connectivity index (χ0v) is 10.3. The van der Waals surface area contributed by atoms with Crippen molar-refractivity contribution in [2.75, 3.05) is 18.8 Å². The predicted molar refractivity (Wildman–Crippen MR) is 67.9 cm³/mol. The topological polar surface area (TPSA) is 72.9 Å². The lowest BCUT2D eigenvalue weighted by Crippen LogP contribution is -2.30. The maximum atomic E-state index is 11.9. The first-order valence-electron chi connectivity index (χ1n) is 6.20. The molecule has 0 atom stereocenters. The summed E-state index contributed by atoms with van der Waals surface area (Å²) in [6.45, 7) is 4.67. The van der Waals surface area contributed by atoms with Gasteiger partial charge >= 0.3 is 0 Å². The highest BCUT2D eigenvalue weighted by Gasteiger charge is 2.13. The van der Waals surface area contributed by atoms with Crippen LogP contribution in [0.3, 0.4) is 0 Å². The average molecular weight is 236 g/mol. The molecular formula is C12H20N4O. The Labute approximate surface area is 101 Å². The van der Waals surface area contributed by atoms with Crippen LogP contribution in [0.1, 0.15) is 24.8 Å². The first-order valence-corrected chi connectivity index (χ1v) is 6.20. The second-order valence-corrected chi connectivity index (χ2v) is 4.74. The Morgan fingerprint density at radius 1 is 1.53 bits per heavy atom. The van der Waals surface area contributed by atoms with Gasteiger partial charge in [0, 0.05) is 6.54 Å². The van der Waals surface area contributed by atoms with E-state index in [4.69, 9.17) is 5.73 Å². The Kier molecular flexibility index (Phi) is 3.78. The van der Waals surface area contributed by atoms with E-state index < -0.39 is 0 Å². The van der Waals surface area contributed by atoms with Crippen LogP contribution in [0.15, 0.2) is 11.1 Å². The van der Waals surface area contributed by atoms with Crippen LogP contribution >= 0.6 is 0 Å². The van der Waals surface area contributed by atoms with Gasteiger partial charge < -0.3 is 11.1 Å². The molecule has 1 fully saturated rings. The number of aryl methyl sites for hydroxylation is 1. The number of nitrogens with zero attached hydrogens (tertiary/aromatic N) is 2. The fourth-order valence-electron chi connectivity index (χ4n) is 2.26. The molecule has 0 aliphatic carbocycles. The fourth-order valence-corrected chi connectivity index (χ4v) is 2.26. The van der Waals surface area contributed by atoms with E-state index in [1.54, 1.807) is 17.8 Å². The summed E-state index contributed by atoms with van der Waals surface area (Å²) in [6, 6.07) is 0. The highest BCUT2D eigenvalue weighted by molar-refractivity contribution is 5.35. The average Bonchev–Trinajstić information content (AvgIpc) is 2.36. The van der Waals surface area contributed by atoms with E-state index >= 15 is 0 Å². The number of piperidine rings is 1. The molecule has 0 spiro atoms. The summed E-state index contributed by atoms with van der Waals surface area (Å²) in [4.78, 5) is 15.9. The SMILES string of the molecule is Cc1c(N)ncn(CCC2CCNCC2)c1=O. The molecule has 0 amide bonds. The summed E-state index contributed by atoms with van der Waals surface area (Å²) < 4.78 is 1.67. The minimum Gasteiger partial charge on any atom is -0.383 e. The molecule has 17 heavy (non-hydrogen) atoms. The molecule has 5 nitrogen and oxygen atoms in total. The molecule has 1 aromatic heterocycles. The highest BCUT2D eigenvalue weighted by Crippen LogP contribution is 2.16. The van der Waals surface area contributed by atoms with Crippen molar-refractivity contribution in [3.8, 4) is 0 Å². The van der Waals surface area contributed by atoms with Gasteiger partial charge in [-0.05, 0) is 45.2 Å². The lowest BCUT2D eigenvalue weighted by Gasteiger charge is -2.22. The summed E-state index contributed by atoms with van der Waals surface area (Å²) in [6.07, 6.45) is 5.02. The number of nitrogen functional groups attached to an aromatic ring is 1. The lowest BCUT2D eigenvalue weighted by atomic mass is 9.95. The van der Waals surface area contributed by atoms with Crippen molar-refractivity contribution >= 4 is 5.82 Å². The van der Waals surface area contributed by atoms with Crippen LogP contribution in [0.4, 0.5) is 5.82 Å². The van der Waals surface area contributed by atoms with Crippen LogP contribution in [0.5, 0.6) is 0 Å². The number of hydrogen-bond acceptors (Lipinski definition) is 4. The molecule has 2 heterocycles. The largest absolute Gasteiger partial charge is 0.383 e. The Morgan fingerprint density at radius 2 is 2.24 bits per heavy atom. The van der Waals surface area contributed by atoms with Crippen LogP contribution in [-0.4, -0.2) is 22.6 Å². The zero-order chi connectivity index (χ0) is 12.3. The van der Waals surface area contributed by atoms with Crippen molar-refractivity contribution in [1.29, 1.82) is 0 Å². The van der Waals surface area contributed by atoms with Crippen LogP contribution in [0.2, 0.25) is 0 Å². The predicted octanol–water partition coefficient (Wildman–Crippen LogP) is 0.524. The summed E-state index contributed by atoms with van der Waals surface area (Å²) in [5.41, 5.74) is 6.14. The Hall–Kier alpha value is -1.36. The third kappa shape index (κ3) is 2.85. The molecule has 1 saturated heterocycles. The summed E-state index contributed by atoms with van der Waals surface area (Å²) in [5.74, 6) is 1.06. The van der Waals surface area contributed by atoms with E-state index in [2.05, 4.69) is 10.3 Å². The van der Waals surface area contributed by atoms with Gasteiger partial charge in [-0.3, -0.25) is 9.36 Å². The van der Waals surface area contributed by atoms with E-state index in [0.29, 0.717) is 11.4 Å². The third-order valence-corrected chi connectivity index (χ3v) is 3.54. The molecule has 0 bridgehead atoms. The number of hydrogen-bond donors (Lipinski definition) is 2. The molecule has 2 rings (SSSR count).